The van der Waals surface area contributed by atoms with E-state index in [9.17, 15) is 4.79 Å². The lowest BCUT2D eigenvalue weighted by molar-refractivity contribution is -0.157. The van der Waals surface area contributed by atoms with Gasteiger partial charge in [0.2, 0.25) is 0 Å². The van der Waals surface area contributed by atoms with Gasteiger partial charge in [0.05, 0.1) is 23.7 Å². The third kappa shape index (κ3) is 2.32. The van der Waals surface area contributed by atoms with Gasteiger partial charge in [-0.3, -0.25) is 0 Å². The van der Waals surface area contributed by atoms with Crippen LogP contribution in [0.1, 0.15) is 0 Å². The second kappa shape index (κ2) is 3.91. The molecule has 0 amide bonds. The molecular weight excluding hydrogens is 159 g/mol. The summed E-state index contributed by atoms with van der Waals surface area (Å²) in [6.45, 7) is 0. The molecule has 0 spiro atoms. The standard InChI is InChI=1S/C2H2Cl2O4/c3-7-2(8-4)1(5)6/h2H,(H,5,6). The molecule has 0 aliphatic rings. The fourth-order valence-electron chi connectivity index (χ4n) is 0.0900. The number of rotatable bonds is 3. The Morgan fingerprint density at radius 2 is 1.88 bits per heavy atom. The first-order valence-corrected chi connectivity index (χ1v) is 2.11. The molecule has 0 aliphatic carbocycles. The van der Waals surface area contributed by atoms with E-state index >= 15 is 0 Å². The Morgan fingerprint density at radius 3 is 1.88 bits per heavy atom. The summed E-state index contributed by atoms with van der Waals surface area (Å²) < 4.78 is 7.36. The van der Waals surface area contributed by atoms with Gasteiger partial charge in [-0.15, -0.1) is 0 Å². The third-order valence-electron chi connectivity index (χ3n) is 0.363. The number of carbonyl (C=O) groups is 1. The van der Waals surface area contributed by atoms with Crippen LogP contribution in [-0.2, 0) is 13.4 Å². The minimum atomic E-state index is -1.60. The summed E-state index contributed by atoms with van der Waals surface area (Å²) in [7, 11) is 0. The van der Waals surface area contributed by atoms with Crippen molar-refractivity contribution < 1.29 is 18.5 Å². The van der Waals surface area contributed by atoms with Gasteiger partial charge in [0.25, 0.3) is 6.29 Å². The van der Waals surface area contributed by atoms with Crippen LogP contribution in [0.4, 0.5) is 0 Å². The molecule has 0 aromatic heterocycles. The van der Waals surface area contributed by atoms with E-state index in [1.165, 1.54) is 0 Å². The van der Waals surface area contributed by atoms with Crippen molar-refractivity contribution in [2.24, 2.45) is 0 Å². The molecule has 0 unspecified atom stereocenters. The zero-order chi connectivity index (χ0) is 6.57. The maximum absolute atomic E-state index is 9.74. The van der Waals surface area contributed by atoms with E-state index in [-0.39, 0.29) is 0 Å². The Kier molecular flexibility index (Phi) is 3.90. The van der Waals surface area contributed by atoms with Crippen molar-refractivity contribution in [2.75, 3.05) is 0 Å². The second-order valence-electron chi connectivity index (χ2n) is 0.848. The molecule has 0 saturated heterocycles. The summed E-state index contributed by atoms with van der Waals surface area (Å²) in [5.41, 5.74) is 0. The quantitative estimate of drug-likeness (QED) is 0.620. The lowest BCUT2D eigenvalue weighted by Gasteiger charge is -1.99. The minimum Gasteiger partial charge on any atom is -0.477 e. The predicted octanol–water partition coefficient (Wildman–Crippen LogP) is 0.738. The number of halogens is 2. The molecule has 1 N–H and O–H groups in total. The van der Waals surface area contributed by atoms with Crippen LogP contribution < -0.4 is 0 Å². The minimum absolute atomic E-state index is 1.38. The van der Waals surface area contributed by atoms with Crippen LogP contribution in [0.25, 0.3) is 0 Å². The highest BCUT2D eigenvalue weighted by Gasteiger charge is 2.16. The number of carboxylic acids is 1. The highest BCUT2D eigenvalue weighted by Crippen LogP contribution is 1.99. The largest absolute Gasteiger partial charge is 0.477 e. The predicted molar refractivity (Wildman–Crippen MR) is 25.3 cm³/mol. The summed E-state index contributed by atoms with van der Waals surface area (Å²) in [6.07, 6.45) is -1.60. The van der Waals surface area contributed by atoms with E-state index in [1.807, 2.05) is 0 Å². The Morgan fingerprint density at radius 1 is 1.50 bits per heavy atom. The number of hydrogen-bond donors (Lipinski definition) is 1. The fourth-order valence-corrected chi connectivity index (χ4v) is 0.352. The molecule has 0 radical (unpaired) electrons. The van der Waals surface area contributed by atoms with Crippen LogP contribution in [-0.4, -0.2) is 17.4 Å². The Hall–Kier alpha value is -0.0300. The first kappa shape index (κ1) is 7.97. The molecule has 0 bridgehead atoms. The van der Waals surface area contributed by atoms with E-state index in [0.29, 0.717) is 0 Å². The zero-order valence-electron chi connectivity index (χ0n) is 3.51. The average molecular weight is 161 g/mol. The van der Waals surface area contributed by atoms with Gasteiger partial charge in [-0.05, 0) is 0 Å². The van der Waals surface area contributed by atoms with Crippen LogP contribution in [0.5, 0.6) is 0 Å². The molecule has 8 heavy (non-hydrogen) atoms. The molecule has 0 saturated carbocycles. The Balaban J connectivity index is 3.52. The molecule has 0 rings (SSSR count). The molecule has 0 aromatic rings. The van der Waals surface area contributed by atoms with Crippen LogP contribution in [0.15, 0.2) is 0 Å². The molecule has 0 heterocycles. The van der Waals surface area contributed by atoms with E-state index in [2.05, 4.69) is 32.3 Å². The summed E-state index contributed by atoms with van der Waals surface area (Å²) in [5.74, 6) is -1.38. The second-order valence-corrected chi connectivity index (χ2v) is 1.20. The normalized spacial score (nSPS) is 9.88. The molecule has 48 valence electrons. The van der Waals surface area contributed by atoms with E-state index in [4.69, 9.17) is 5.11 Å². The van der Waals surface area contributed by atoms with Gasteiger partial charge in [0.1, 0.15) is 0 Å². The van der Waals surface area contributed by atoms with Gasteiger partial charge in [-0.25, -0.2) is 13.4 Å². The summed E-state index contributed by atoms with van der Waals surface area (Å²) >= 11 is 9.14. The SMILES string of the molecule is O=C(O)C(OCl)OCl. The van der Waals surface area contributed by atoms with Crippen molar-refractivity contribution in [2.45, 2.75) is 6.29 Å². The average Bonchev–Trinajstić information content (AvgIpc) is 1.69. The first-order valence-electron chi connectivity index (χ1n) is 1.50. The first-order chi connectivity index (χ1) is 3.72. The van der Waals surface area contributed by atoms with Gasteiger partial charge in [0.15, 0.2) is 0 Å². The van der Waals surface area contributed by atoms with Gasteiger partial charge >= 0.3 is 5.97 Å². The lowest BCUT2D eigenvalue weighted by Crippen LogP contribution is -2.20. The molecule has 0 atom stereocenters. The van der Waals surface area contributed by atoms with Gasteiger partial charge in [-0.2, -0.15) is 0 Å². The van der Waals surface area contributed by atoms with Crippen LogP contribution >= 0.6 is 23.7 Å². The number of carboxylic acid groups (broad SMARTS) is 1. The van der Waals surface area contributed by atoms with Crippen molar-refractivity contribution in [3.8, 4) is 0 Å². The highest BCUT2D eigenvalue weighted by molar-refractivity contribution is 6.10. The van der Waals surface area contributed by atoms with Crippen LogP contribution in [0.3, 0.4) is 0 Å². The maximum Gasteiger partial charge on any atom is 0.364 e. The molecular formula is C2H2Cl2O4. The van der Waals surface area contributed by atoms with Crippen LogP contribution in [0.2, 0.25) is 0 Å². The van der Waals surface area contributed by atoms with Crippen molar-refractivity contribution >= 4 is 29.7 Å². The van der Waals surface area contributed by atoms with Crippen molar-refractivity contribution in [1.29, 1.82) is 0 Å². The Bertz CT molecular complexity index is 80.1. The highest BCUT2D eigenvalue weighted by atomic mass is 35.5. The fraction of sp³-hybridized carbons (Fsp3) is 0.500. The molecule has 0 fully saturated rings. The zero-order valence-corrected chi connectivity index (χ0v) is 5.02. The van der Waals surface area contributed by atoms with Gasteiger partial charge in [0, 0.05) is 0 Å². The maximum atomic E-state index is 9.74. The number of hydrogen-bond acceptors (Lipinski definition) is 3. The summed E-state index contributed by atoms with van der Waals surface area (Å²) in [6, 6.07) is 0. The monoisotopic (exact) mass is 160 g/mol. The van der Waals surface area contributed by atoms with Crippen molar-refractivity contribution in [3.05, 3.63) is 0 Å². The van der Waals surface area contributed by atoms with E-state index in [0.717, 1.165) is 0 Å². The van der Waals surface area contributed by atoms with E-state index in [1.54, 1.807) is 0 Å². The van der Waals surface area contributed by atoms with Gasteiger partial charge in [-0.1, -0.05) is 0 Å². The Labute approximate surface area is 55.2 Å². The molecule has 4 nitrogen and oxygen atoms in total. The van der Waals surface area contributed by atoms with Crippen molar-refractivity contribution in [1.82, 2.24) is 0 Å². The van der Waals surface area contributed by atoms with E-state index < -0.39 is 12.3 Å². The van der Waals surface area contributed by atoms with Crippen molar-refractivity contribution in [3.63, 3.8) is 0 Å². The molecule has 6 heteroatoms. The smallest absolute Gasteiger partial charge is 0.364 e. The van der Waals surface area contributed by atoms with Crippen LogP contribution in [0, 0.1) is 0 Å². The summed E-state index contributed by atoms with van der Waals surface area (Å²) in [5, 5.41) is 7.95. The number of aliphatic carboxylic acids is 1. The lowest BCUT2D eigenvalue weighted by atomic mass is 10.7. The topological polar surface area (TPSA) is 55.8 Å². The third-order valence-corrected chi connectivity index (χ3v) is 0.687. The van der Waals surface area contributed by atoms with Gasteiger partial charge < -0.3 is 5.11 Å². The molecule has 0 aliphatic heterocycles. The summed E-state index contributed by atoms with van der Waals surface area (Å²) in [4.78, 5) is 9.74. The molecule has 0 aromatic carbocycles.